The Morgan fingerprint density at radius 3 is 2.38 bits per heavy atom. The summed E-state index contributed by atoms with van der Waals surface area (Å²) in [4.78, 5) is 11.9. The fraction of sp³-hybridized carbons (Fsp3) is 0.231. The molecule has 0 fully saturated rings. The number of rotatable bonds is 3. The maximum Gasteiger partial charge on any atom is 0.412 e. The standard InChI is InChI=1S/C13H11F4N3O/c1-7-10(6-18-20-7)12(21)19-11(13(15,16)17)8-2-4-9(14)5-3-8/h2-6,11H,1H3,(H,18,20)(H,19,21)/t11-/m0/s1. The number of hydrogen-bond donors (Lipinski definition) is 2. The maximum absolute atomic E-state index is 13.1. The first-order valence-electron chi connectivity index (χ1n) is 5.92. The Hall–Kier alpha value is -2.38. The third-order valence-electron chi connectivity index (χ3n) is 2.88. The molecule has 1 aromatic heterocycles. The molecule has 0 saturated heterocycles. The molecule has 2 aromatic rings. The van der Waals surface area contributed by atoms with Gasteiger partial charge in [-0.2, -0.15) is 18.3 Å². The summed E-state index contributed by atoms with van der Waals surface area (Å²) in [7, 11) is 0. The number of H-pyrrole nitrogens is 1. The van der Waals surface area contributed by atoms with Crippen molar-refractivity contribution in [3.05, 3.63) is 53.1 Å². The van der Waals surface area contributed by atoms with Crippen molar-refractivity contribution in [1.82, 2.24) is 15.5 Å². The van der Waals surface area contributed by atoms with Gasteiger partial charge in [0.25, 0.3) is 5.91 Å². The number of nitrogens with zero attached hydrogens (tertiary/aromatic N) is 1. The molecule has 2 rings (SSSR count). The largest absolute Gasteiger partial charge is 0.412 e. The van der Waals surface area contributed by atoms with Gasteiger partial charge in [0.2, 0.25) is 0 Å². The molecule has 1 amide bonds. The van der Waals surface area contributed by atoms with Gasteiger partial charge >= 0.3 is 6.18 Å². The molecule has 0 bridgehead atoms. The molecule has 0 aliphatic carbocycles. The zero-order valence-corrected chi connectivity index (χ0v) is 10.8. The lowest BCUT2D eigenvalue weighted by molar-refractivity contribution is -0.155. The highest BCUT2D eigenvalue weighted by Gasteiger charge is 2.42. The Labute approximate surface area is 117 Å². The van der Waals surface area contributed by atoms with Gasteiger partial charge in [-0.1, -0.05) is 12.1 Å². The van der Waals surface area contributed by atoms with Crippen LogP contribution in [0.4, 0.5) is 17.6 Å². The van der Waals surface area contributed by atoms with Crippen LogP contribution in [0.15, 0.2) is 30.5 Å². The second-order valence-electron chi connectivity index (χ2n) is 4.41. The van der Waals surface area contributed by atoms with E-state index >= 15 is 0 Å². The van der Waals surface area contributed by atoms with Crippen molar-refractivity contribution in [2.45, 2.75) is 19.1 Å². The summed E-state index contributed by atoms with van der Waals surface area (Å²) in [6.07, 6.45) is -3.56. The molecule has 1 atom stereocenters. The summed E-state index contributed by atoms with van der Waals surface area (Å²) in [6, 6.07) is 1.55. The molecule has 0 spiro atoms. The average Bonchev–Trinajstić information content (AvgIpc) is 2.82. The summed E-state index contributed by atoms with van der Waals surface area (Å²) in [5.74, 6) is -1.57. The van der Waals surface area contributed by atoms with Gasteiger partial charge in [-0.05, 0) is 24.6 Å². The summed E-state index contributed by atoms with van der Waals surface area (Å²) >= 11 is 0. The number of amides is 1. The van der Waals surface area contributed by atoms with Crippen LogP contribution in [0.3, 0.4) is 0 Å². The van der Waals surface area contributed by atoms with Crippen molar-refractivity contribution in [3.63, 3.8) is 0 Å². The molecule has 0 radical (unpaired) electrons. The van der Waals surface area contributed by atoms with Gasteiger partial charge in [-0.15, -0.1) is 0 Å². The summed E-state index contributed by atoms with van der Waals surface area (Å²) in [5.41, 5.74) is 0.122. The van der Waals surface area contributed by atoms with Crippen molar-refractivity contribution in [3.8, 4) is 0 Å². The second-order valence-corrected chi connectivity index (χ2v) is 4.41. The molecule has 0 saturated carbocycles. The van der Waals surface area contributed by atoms with Gasteiger partial charge < -0.3 is 5.32 Å². The Bertz CT molecular complexity index is 634. The Morgan fingerprint density at radius 2 is 1.90 bits per heavy atom. The van der Waals surface area contributed by atoms with E-state index in [0.29, 0.717) is 5.69 Å². The van der Waals surface area contributed by atoms with Crippen molar-refractivity contribution in [1.29, 1.82) is 0 Å². The summed E-state index contributed by atoms with van der Waals surface area (Å²) in [6.45, 7) is 1.52. The van der Waals surface area contributed by atoms with E-state index in [0.717, 1.165) is 30.5 Å². The van der Waals surface area contributed by atoms with E-state index in [4.69, 9.17) is 0 Å². The molecule has 0 unspecified atom stereocenters. The van der Waals surface area contributed by atoms with Gasteiger partial charge in [0.15, 0.2) is 6.04 Å². The number of aryl methyl sites for hydroxylation is 1. The first kappa shape index (κ1) is 15.0. The van der Waals surface area contributed by atoms with E-state index in [9.17, 15) is 22.4 Å². The molecule has 8 heteroatoms. The molecule has 0 aliphatic heterocycles. The predicted octanol–water partition coefficient (Wildman–Crippen LogP) is 2.89. The minimum atomic E-state index is -4.70. The Morgan fingerprint density at radius 1 is 1.29 bits per heavy atom. The van der Waals surface area contributed by atoms with E-state index in [1.165, 1.54) is 6.92 Å². The topological polar surface area (TPSA) is 57.8 Å². The highest BCUT2D eigenvalue weighted by Crippen LogP contribution is 2.33. The number of carbonyl (C=O) groups is 1. The van der Waals surface area contributed by atoms with Crippen LogP contribution in [0.25, 0.3) is 0 Å². The van der Waals surface area contributed by atoms with Crippen molar-refractivity contribution in [2.75, 3.05) is 0 Å². The normalized spacial score (nSPS) is 13.0. The van der Waals surface area contributed by atoms with Crippen LogP contribution in [0.5, 0.6) is 0 Å². The van der Waals surface area contributed by atoms with E-state index in [2.05, 4.69) is 10.2 Å². The fourth-order valence-corrected chi connectivity index (χ4v) is 1.80. The van der Waals surface area contributed by atoms with E-state index in [1.54, 1.807) is 0 Å². The highest BCUT2D eigenvalue weighted by molar-refractivity contribution is 5.95. The van der Waals surface area contributed by atoms with Crippen LogP contribution in [0.1, 0.15) is 27.7 Å². The number of hydrogen-bond acceptors (Lipinski definition) is 2. The predicted molar refractivity (Wildman–Crippen MR) is 66.0 cm³/mol. The monoisotopic (exact) mass is 301 g/mol. The van der Waals surface area contributed by atoms with Crippen molar-refractivity contribution < 1.29 is 22.4 Å². The lowest BCUT2D eigenvalue weighted by atomic mass is 10.1. The highest BCUT2D eigenvalue weighted by atomic mass is 19.4. The van der Waals surface area contributed by atoms with Gasteiger partial charge in [0.05, 0.1) is 11.8 Å². The number of alkyl halides is 3. The van der Waals surface area contributed by atoms with Crippen molar-refractivity contribution >= 4 is 5.91 Å². The zero-order valence-electron chi connectivity index (χ0n) is 10.8. The van der Waals surface area contributed by atoms with Crippen LogP contribution >= 0.6 is 0 Å². The van der Waals surface area contributed by atoms with Crippen LogP contribution in [0, 0.1) is 12.7 Å². The molecule has 4 nitrogen and oxygen atoms in total. The average molecular weight is 301 g/mol. The third-order valence-corrected chi connectivity index (χ3v) is 2.88. The number of carbonyl (C=O) groups excluding carboxylic acids is 1. The van der Waals surface area contributed by atoms with Gasteiger partial charge in [-0.3, -0.25) is 9.89 Å². The van der Waals surface area contributed by atoms with E-state index < -0.39 is 23.9 Å². The minimum Gasteiger partial charge on any atom is -0.337 e. The van der Waals surface area contributed by atoms with Crippen LogP contribution < -0.4 is 5.32 Å². The smallest absolute Gasteiger partial charge is 0.337 e. The first-order valence-corrected chi connectivity index (χ1v) is 5.92. The Balaban J connectivity index is 2.28. The maximum atomic E-state index is 13.1. The number of halogens is 4. The molecule has 1 aromatic carbocycles. The van der Waals surface area contributed by atoms with Gasteiger partial charge in [0, 0.05) is 5.69 Å². The van der Waals surface area contributed by atoms with Crippen LogP contribution in [-0.2, 0) is 0 Å². The van der Waals surface area contributed by atoms with Gasteiger partial charge in [0.1, 0.15) is 5.82 Å². The van der Waals surface area contributed by atoms with Crippen LogP contribution in [-0.4, -0.2) is 22.3 Å². The van der Waals surface area contributed by atoms with E-state index in [-0.39, 0.29) is 11.1 Å². The molecule has 0 aliphatic rings. The fourth-order valence-electron chi connectivity index (χ4n) is 1.80. The minimum absolute atomic E-state index is 0.0198. The van der Waals surface area contributed by atoms with E-state index in [1.807, 2.05) is 5.32 Å². The molecule has 1 heterocycles. The lowest BCUT2D eigenvalue weighted by Crippen LogP contribution is -2.38. The molecular weight excluding hydrogens is 290 g/mol. The number of aromatic amines is 1. The number of aromatic nitrogens is 2. The lowest BCUT2D eigenvalue weighted by Gasteiger charge is -2.22. The molecule has 2 N–H and O–H groups in total. The second kappa shape index (κ2) is 5.55. The number of nitrogens with one attached hydrogen (secondary N) is 2. The SMILES string of the molecule is Cc1[nH]ncc1C(=O)N[C@@H](c1ccc(F)cc1)C(F)(F)F. The molecule has 112 valence electrons. The Kier molecular flexibility index (Phi) is 3.97. The zero-order chi connectivity index (χ0) is 15.6. The summed E-state index contributed by atoms with van der Waals surface area (Å²) in [5, 5.41) is 7.94. The van der Waals surface area contributed by atoms with Crippen LogP contribution in [0.2, 0.25) is 0 Å². The molecule has 21 heavy (non-hydrogen) atoms. The van der Waals surface area contributed by atoms with Crippen molar-refractivity contribution in [2.24, 2.45) is 0 Å². The summed E-state index contributed by atoms with van der Waals surface area (Å²) < 4.78 is 52.0. The molecular formula is C13H11F4N3O. The first-order chi connectivity index (χ1) is 9.79. The third kappa shape index (κ3) is 3.39. The van der Waals surface area contributed by atoms with Gasteiger partial charge in [-0.25, -0.2) is 4.39 Å². The number of benzene rings is 1. The quantitative estimate of drug-likeness (QED) is 0.856.